The minimum atomic E-state index is -0.793. The van der Waals surface area contributed by atoms with E-state index in [1.54, 1.807) is 6.92 Å². The number of carbonyl (C=O) groups excluding carboxylic acids is 1. The Morgan fingerprint density at radius 2 is 2.08 bits per heavy atom. The molecule has 126 valence electrons. The Morgan fingerprint density at radius 1 is 1.29 bits per heavy atom. The predicted molar refractivity (Wildman–Crippen MR) is 91.0 cm³/mol. The molecule has 1 aliphatic rings. The summed E-state index contributed by atoms with van der Waals surface area (Å²) < 4.78 is 26.7. The zero-order valence-corrected chi connectivity index (χ0v) is 13.4. The van der Waals surface area contributed by atoms with Gasteiger partial charge < -0.3 is 16.0 Å². The van der Waals surface area contributed by atoms with Crippen LogP contribution in [0.5, 0.6) is 0 Å². The zero-order chi connectivity index (χ0) is 17.3. The molecule has 0 radical (unpaired) electrons. The Hall–Kier alpha value is -2.63. The second kappa shape index (κ2) is 6.47. The van der Waals surface area contributed by atoms with Crippen molar-refractivity contribution in [2.24, 2.45) is 0 Å². The third kappa shape index (κ3) is 3.04. The van der Waals surface area contributed by atoms with Crippen LogP contribution in [0.25, 0.3) is 0 Å². The number of hydrogen-bond acceptors (Lipinski definition) is 3. The first-order valence-corrected chi connectivity index (χ1v) is 7.87. The SMILES string of the molecule is CC(C(=O)Nc1ccc(F)cc1F)N1CCCc2c(N)cccc21. The molecule has 3 rings (SSSR count). The van der Waals surface area contributed by atoms with Crippen LogP contribution in [0.15, 0.2) is 36.4 Å². The van der Waals surface area contributed by atoms with E-state index in [1.165, 1.54) is 6.07 Å². The molecular formula is C18H19F2N3O. The molecule has 1 aliphatic heterocycles. The van der Waals surface area contributed by atoms with Crippen LogP contribution in [0.3, 0.4) is 0 Å². The average molecular weight is 331 g/mol. The zero-order valence-electron chi connectivity index (χ0n) is 13.4. The summed E-state index contributed by atoms with van der Waals surface area (Å²) in [6, 6.07) is 8.22. The van der Waals surface area contributed by atoms with Crippen molar-refractivity contribution >= 4 is 23.0 Å². The highest BCUT2D eigenvalue weighted by Crippen LogP contribution is 2.32. The number of rotatable bonds is 3. The van der Waals surface area contributed by atoms with Crippen molar-refractivity contribution < 1.29 is 13.6 Å². The molecule has 24 heavy (non-hydrogen) atoms. The maximum Gasteiger partial charge on any atom is 0.246 e. The van der Waals surface area contributed by atoms with Gasteiger partial charge >= 0.3 is 0 Å². The van der Waals surface area contributed by atoms with E-state index in [-0.39, 0.29) is 11.6 Å². The summed E-state index contributed by atoms with van der Waals surface area (Å²) in [5.41, 5.74) is 8.68. The first-order valence-electron chi connectivity index (χ1n) is 7.87. The Kier molecular flexibility index (Phi) is 4.38. The highest BCUT2D eigenvalue weighted by molar-refractivity contribution is 5.97. The molecular weight excluding hydrogens is 312 g/mol. The van der Waals surface area contributed by atoms with E-state index in [4.69, 9.17) is 5.73 Å². The summed E-state index contributed by atoms with van der Waals surface area (Å²) in [6.45, 7) is 2.48. The molecule has 2 aromatic carbocycles. The lowest BCUT2D eigenvalue weighted by atomic mass is 9.98. The fourth-order valence-electron chi connectivity index (χ4n) is 3.05. The third-order valence-corrected chi connectivity index (χ3v) is 4.36. The minimum Gasteiger partial charge on any atom is -0.398 e. The molecule has 0 bridgehead atoms. The molecule has 2 aromatic rings. The van der Waals surface area contributed by atoms with Gasteiger partial charge in [0.1, 0.15) is 17.7 Å². The Labute approximate surface area is 139 Å². The number of hydrogen-bond donors (Lipinski definition) is 2. The normalized spacial score (nSPS) is 14.9. The van der Waals surface area contributed by atoms with Crippen molar-refractivity contribution in [1.82, 2.24) is 0 Å². The number of amides is 1. The average Bonchev–Trinajstić information content (AvgIpc) is 2.56. The van der Waals surface area contributed by atoms with E-state index < -0.39 is 17.7 Å². The van der Waals surface area contributed by atoms with E-state index in [0.29, 0.717) is 0 Å². The van der Waals surface area contributed by atoms with Gasteiger partial charge in [-0.25, -0.2) is 8.78 Å². The predicted octanol–water partition coefficient (Wildman–Crippen LogP) is 3.33. The molecule has 3 N–H and O–H groups in total. The standard InChI is InChI=1S/C18H19F2N3O/c1-11(18(24)22-16-8-7-12(19)10-14(16)20)23-9-3-4-13-15(21)5-2-6-17(13)23/h2,5-8,10-11H,3-4,9,21H2,1H3,(H,22,24). The van der Waals surface area contributed by atoms with Gasteiger partial charge in [-0.15, -0.1) is 0 Å². The number of anilines is 3. The molecule has 0 aliphatic carbocycles. The Balaban J connectivity index is 1.81. The van der Waals surface area contributed by atoms with Gasteiger partial charge in [-0.2, -0.15) is 0 Å². The van der Waals surface area contributed by atoms with E-state index in [1.807, 2.05) is 23.1 Å². The number of nitrogens with zero attached hydrogens (tertiary/aromatic N) is 1. The summed E-state index contributed by atoms with van der Waals surface area (Å²) >= 11 is 0. The highest BCUT2D eigenvalue weighted by atomic mass is 19.1. The van der Waals surface area contributed by atoms with Gasteiger partial charge in [0, 0.05) is 24.0 Å². The second-order valence-corrected chi connectivity index (χ2v) is 5.93. The molecule has 0 fully saturated rings. The van der Waals surface area contributed by atoms with Gasteiger partial charge in [0.05, 0.1) is 5.69 Å². The van der Waals surface area contributed by atoms with Gasteiger partial charge in [0.25, 0.3) is 0 Å². The molecule has 0 saturated heterocycles. The van der Waals surface area contributed by atoms with E-state index in [0.717, 1.165) is 48.5 Å². The van der Waals surface area contributed by atoms with Gasteiger partial charge in [0.15, 0.2) is 0 Å². The lowest BCUT2D eigenvalue weighted by Crippen LogP contribution is -2.45. The largest absolute Gasteiger partial charge is 0.398 e. The molecule has 1 amide bonds. The Bertz CT molecular complexity index is 779. The molecule has 0 saturated carbocycles. The smallest absolute Gasteiger partial charge is 0.246 e. The van der Waals surface area contributed by atoms with E-state index >= 15 is 0 Å². The van der Waals surface area contributed by atoms with Crippen molar-refractivity contribution in [2.45, 2.75) is 25.8 Å². The maximum absolute atomic E-state index is 13.7. The fraction of sp³-hybridized carbons (Fsp3) is 0.278. The van der Waals surface area contributed by atoms with E-state index in [9.17, 15) is 13.6 Å². The molecule has 1 heterocycles. The lowest BCUT2D eigenvalue weighted by Gasteiger charge is -2.36. The van der Waals surface area contributed by atoms with Crippen molar-refractivity contribution in [1.29, 1.82) is 0 Å². The van der Waals surface area contributed by atoms with Gasteiger partial charge in [-0.3, -0.25) is 4.79 Å². The van der Waals surface area contributed by atoms with Crippen molar-refractivity contribution in [3.05, 3.63) is 53.6 Å². The molecule has 1 unspecified atom stereocenters. The monoisotopic (exact) mass is 331 g/mol. The van der Waals surface area contributed by atoms with Crippen molar-refractivity contribution in [3.63, 3.8) is 0 Å². The molecule has 1 atom stereocenters. The number of carbonyl (C=O) groups is 1. The third-order valence-electron chi connectivity index (χ3n) is 4.36. The second-order valence-electron chi connectivity index (χ2n) is 5.93. The van der Waals surface area contributed by atoms with Crippen LogP contribution in [0.4, 0.5) is 25.8 Å². The van der Waals surface area contributed by atoms with Crippen molar-refractivity contribution in [2.75, 3.05) is 22.5 Å². The van der Waals surface area contributed by atoms with Crippen molar-refractivity contribution in [3.8, 4) is 0 Å². The topological polar surface area (TPSA) is 58.4 Å². The van der Waals surface area contributed by atoms with Crippen LogP contribution >= 0.6 is 0 Å². The summed E-state index contributed by atoms with van der Waals surface area (Å²) in [6.07, 6.45) is 1.77. The number of nitrogens with two attached hydrogens (primary N) is 1. The summed E-state index contributed by atoms with van der Waals surface area (Å²) in [4.78, 5) is 14.5. The highest BCUT2D eigenvalue weighted by Gasteiger charge is 2.27. The fourth-order valence-corrected chi connectivity index (χ4v) is 3.05. The molecule has 0 spiro atoms. The van der Waals surface area contributed by atoms with Gasteiger partial charge in [-0.1, -0.05) is 6.07 Å². The maximum atomic E-state index is 13.7. The molecule has 4 nitrogen and oxygen atoms in total. The number of fused-ring (bicyclic) bond motifs is 1. The first-order chi connectivity index (χ1) is 11.5. The van der Waals surface area contributed by atoms with Crippen LogP contribution in [-0.2, 0) is 11.2 Å². The number of halogens is 2. The summed E-state index contributed by atoms with van der Waals surface area (Å²) in [5, 5.41) is 2.53. The summed E-state index contributed by atoms with van der Waals surface area (Å²) in [7, 11) is 0. The first kappa shape index (κ1) is 16.2. The van der Waals surface area contributed by atoms with Crippen LogP contribution < -0.4 is 16.0 Å². The number of nitrogens with one attached hydrogen (secondary N) is 1. The van der Waals surface area contributed by atoms with Crippen LogP contribution in [0, 0.1) is 11.6 Å². The van der Waals surface area contributed by atoms with Crippen LogP contribution in [0.1, 0.15) is 18.9 Å². The van der Waals surface area contributed by atoms with Crippen LogP contribution in [0.2, 0.25) is 0 Å². The molecule has 6 heteroatoms. The Morgan fingerprint density at radius 3 is 2.83 bits per heavy atom. The van der Waals surface area contributed by atoms with Gasteiger partial charge in [-0.05, 0) is 49.6 Å². The van der Waals surface area contributed by atoms with Gasteiger partial charge in [0.2, 0.25) is 5.91 Å². The minimum absolute atomic E-state index is 0.0296. The van der Waals surface area contributed by atoms with E-state index in [2.05, 4.69) is 5.32 Å². The number of nitrogen functional groups attached to an aromatic ring is 1. The molecule has 0 aromatic heterocycles. The number of benzene rings is 2. The van der Waals surface area contributed by atoms with Crippen LogP contribution in [-0.4, -0.2) is 18.5 Å². The lowest BCUT2D eigenvalue weighted by molar-refractivity contribution is -0.117. The summed E-state index contributed by atoms with van der Waals surface area (Å²) in [5.74, 6) is -1.83. The quantitative estimate of drug-likeness (QED) is 0.848.